The van der Waals surface area contributed by atoms with Gasteiger partial charge in [-0.25, -0.2) is 0 Å². The molecule has 176 valence electrons. The van der Waals surface area contributed by atoms with Crippen LogP contribution < -0.4 is 23.7 Å². The van der Waals surface area contributed by atoms with Crippen LogP contribution in [0.15, 0.2) is 24.3 Å². The van der Waals surface area contributed by atoms with E-state index < -0.39 is 12.2 Å². The van der Waals surface area contributed by atoms with E-state index in [1.807, 2.05) is 18.2 Å². The minimum Gasteiger partial charge on any atom is -0.493 e. The lowest BCUT2D eigenvalue weighted by atomic mass is 9.92. The molecule has 0 saturated carbocycles. The molecule has 0 spiro atoms. The highest BCUT2D eigenvalue weighted by molar-refractivity contribution is 5.81. The van der Waals surface area contributed by atoms with E-state index in [0.717, 1.165) is 5.56 Å². The Morgan fingerprint density at radius 1 is 0.938 bits per heavy atom. The smallest absolute Gasteiger partial charge is 0.231 e. The Balaban J connectivity index is 2.12. The lowest BCUT2D eigenvalue weighted by molar-refractivity contribution is -0.128. The van der Waals surface area contributed by atoms with E-state index in [2.05, 4.69) is 0 Å². The molecule has 2 aromatic rings. The summed E-state index contributed by atoms with van der Waals surface area (Å²) in [5.74, 6) is 2.58. The molecule has 9 heteroatoms. The molecule has 0 aromatic heterocycles. The van der Waals surface area contributed by atoms with Gasteiger partial charge in [0.25, 0.3) is 0 Å². The van der Waals surface area contributed by atoms with Crippen molar-refractivity contribution in [2.24, 2.45) is 0 Å². The maximum Gasteiger partial charge on any atom is 0.231 e. The van der Waals surface area contributed by atoms with Crippen molar-refractivity contribution < 1.29 is 43.0 Å². The fourth-order valence-corrected chi connectivity index (χ4v) is 3.56. The lowest BCUT2D eigenvalue weighted by Crippen LogP contribution is -2.21. The van der Waals surface area contributed by atoms with Crippen LogP contribution in [0.1, 0.15) is 18.6 Å². The second kappa shape index (κ2) is 11.2. The topological polar surface area (TPSA) is 94.1 Å². The first-order valence-corrected chi connectivity index (χ1v) is 10.1. The molecule has 1 aliphatic heterocycles. The zero-order valence-electron chi connectivity index (χ0n) is 19.0. The van der Waals surface area contributed by atoms with Crippen molar-refractivity contribution in [3.8, 4) is 39.9 Å². The first-order chi connectivity index (χ1) is 15.5. The van der Waals surface area contributed by atoms with E-state index in [1.54, 1.807) is 27.2 Å². The molecule has 3 rings (SSSR count). The Kier molecular flexibility index (Phi) is 8.40. The molecule has 0 unspecified atom stereocenters. The number of hydrogen-bond donors (Lipinski definition) is 1. The predicted molar refractivity (Wildman–Crippen MR) is 116 cm³/mol. The van der Waals surface area contributed by atoms with Gasteiger partial charge in [0.2, 0.25) is 12.5 Å². The molecular weight excluding hydrogens is 420 g/mol. The van der Waals surface area contributed by atoms with Crippen molar-refractivity contribution in [2.45, 2.75) is 19.1 Å². The Morgan fingerprint density at radius 2 is 1.69 bits per heavy atom. The molecule has 0 saturated heterocycles. The second-order valence-corrected chi connectivity index (χ2v) is 7.02. The molecule has 9 nitrogen and oxygen atoms in total. The van der Waals surface area contributed by atoms with E-state index in [1.165, 1.54) is 14.2 Å². The molecule has 0 bridgehead atoms. The molecule has 0 amide bonds. The summed E-state index contributed by atoms with van der Waals surface area (Å²) in [7, 11) is 6.21. The van der Waals surface area contributed by atoms with Gasteiger partial charge in [-0.1, -0.05) is 6.07 Å². The Labute approximate surface area is 187 Å². The highest BCUT2D eigenvalue weighted by Gasteiger charge is 2.30. The lowest BCUT2D eigenvalue weighted by Gasteiger charge is -2.27. The number of hydrogen-bond acceptors (Lipinski definition) is 9. The average molecular weight is 450 g/mol. The van der Waals surface area contributed by atoms with Gasteiger partial charge in [0, 0.05) is 12.7 Å². The van der Waals surface area contributed by atoms with Gasteiger partial charge < -0.3 is 43.0 Å². The fraction of sp³-hybridized carbons (Fsp3) is 0.478. The van der Waals surface area contributed by atoms with Gasteiger partial charge >= 0.3 is 0 Å². The van der Waals surface area contributed by atoms with Crippen LogP contribution in [0, 0.1) is 0 Å². The molecule has 0 radical (unpaired) electrons. The number of methoxy groups -OCH3 is 4. The summed E-state index contributed by atoms with van der Waals surface area (Å²) in [6, 6.07) is 7.33. The highest BCUT2D eigenvalue weighted by atomic mass is 16.7. The highest BCUT2D eigenvalue weighted by Crippen LogP contribution is 2.50. The van der Waals surface area contributed by atoms with Gasteiger partial charge in [-0.15, -0.1) is 0 Å². The molecule has 1 N–H and O–H groups in total. The van der Waals surface area contributed by atoms with Gasteiger partial charge in [-0.2, -0.15) is 0 Å². The molecule has 2 aromatic carbocycles. The van der Waals surface area contributed by atoms with Gasteiger partial charge in [-0.3, -0.25) is 0 Å². The number of fused-ring (bicyclic) bond motifs is 1. The molecule has 0 fully saturated rings. The number of benzene rings is 2. The number of ether oxygens (including phenoxy) is 8. The van der Waals surface area contributed by atoms with E-state index in [4.69, 9.17) is 37.9 Å². The van der Waals surface area contributed by atoms with Crippen LogP contribution in [-0.2, 0) is 14.2 Å². The van der Waals surface area contributed by atoms with Crippen molar-refractivity contribution in [1.29, 1.82) is 0 Å². The first-order valence-electron chi connectivity index (χ1n) is 10.1. The second-order valence-electron chi connectivity index (χ2n) is 7.02. The third kappa shape index (κ3) is 5.02. The van der Waals surface area contributed by atoms with Crippen LogP contribution in [0.4, 0.5) is 0 Å². The number of aliphatic hydroxyl groups is 1. The largest absolute Gasteiger partial charge is 0.493 e. The molecule has 0 aliphatic carbocycles. The first kappa shape index (κ1) is 23.9. The standard InChI is InChI=1S/C23H30O9/c1-14(24)21(32-12-29-9-8-25-2)16-11-19(26-3)22(27-4)23(28-5)20(16)15-6-7-17-18(10-15)31-13-30-17/h6-7,10-11,14,21,24H,8-9,12-13H2,1-5H3/t14-,21+/m1/s1. The van der Waals surface area contributed by atoms with Gasteiger partial charge in [0.15, 0.2) is 23.0 Å². The van der Waals surface area contributed by atoms with Crippen LogP contribution in [0.2, 0.25) is 0 Å². The summed E-state index contributed by atoms with van der Waals surface area (Å²) >= 11 is 0. The van der Waals surface area contributed by atoms with Crippen LogP contribution in [0.5, 0.6) is 28.7 Å². The zero-order chi connectivity index (χ0) is 23.1. The van der Waals surface area contributed by atoms with Crippen molar-refractivity contribution in [2.75, 3.05) is 55.2 Å². The minimum absolute atomic E-state index is 0.0316. The van der Waals surface area contributed by atoms with Gasteiger partial charge in [0.1, 0.15) is 12.9 Å². The van der Waals surface area contributed by atoms with Crippen molar-refractivity contribution in [3.05, 3.63) is 29.8 Å². The van der Waals surface area contributed by atoms with Crippen LogP contribution >= 0.6 is 0 Å². The summed E-state index contributed by atoms with van der Waals surface area (Å²) in [5, 5.41) is 10.6. The molecule has 32 heavy (non-hydrogen) atoms. The average Bonchev–Trinajstić information content (AvgIpc) is 3.27. The van der Waals surface area contributed by atoms with E-state index in [-0.39, 0.29) is 13.6 Å². The summed E-state index contributed by atoms with van der Waals surface area (Å²) in [5.41, 5.74) is 2.09. The maximum absolute atomic E-state index is 10.6. The van der Waals surface area contributed by atoms with Crippen molar-refractivity contribution in [3.63, 3.8) is 0 Å². The Morgan fingerprint density at radius 3 is 2.34 bits per heavy atom. The zero-order valence-corrected chi connectivity index (χ0v) is 19.0. The Hall–Kier alpha value is -2.72. The summed E-state index contributed by atoms with van der Waals surface area (Å²) < 4.78 is 44.2. The monoisotopic (exact) mass is 450 g/mol. The quantitative estimate of drug-likeness (QED) is 0.386. The molecule has 1 aliphatic rings. The minimum atomic E-state index is -0.864. The third-order valence-electron chi connectivity index (χ3n) is 5.03. The van der Waals surface area contributed by atoms with E-state index >= 15 is 0 Å². The summed E-state index contributed by atoms with van der Waals surface area (Å²) in [4.78, 5) is 0. The Bertz CT molecular complexity index is 898. The van der Waals surface area contributed by atoms with E-state index in [9.17, 15) is 5.11 Å². The number of rotatable bonds is 12. The predicted octanol–water partition coefficient (Wildman–Crippen LogP) is 3.17. The summed E-state index contributed by atoms with van der Waals surface area (Å²) in [6.45, 7) is 2.58. The molecule has 1 heterocycles. The van der Waals surface area contributed by atoms with Crippen LogP contribution in [-0.4, -0.2) is 66.4 Å². The SMILES string of the molecule is COCCOCO[C@H](c1cc(OC)c(OC)c(OC)c1-c1ccc2c(c1)OCO2)[C@@H](C)O. The van der Waals surface area contributed by atoms with Crippen LogP contribution in [0.3, 0.4) is 0 Å². The fourth-order valence-electron chi connectivity index (χ4n) is 3.56. The third-order valence-corrected chi connectivity index (χ3v) is 5.03. The van der Waals surface area contributed by atoms with E-state index in [0.29, 0.717) is 53.1 Å². The number of aliphatic hydroxyl groups excluding tert-OH is 1. The normalized spacial score (nSPS) is 14.2. The molecular formula is C23H30O9. The van der Waals surface area contributed by atoms with Crippen molar-refractivity contribution >= 4 is 0 Å². The molecule has 2 atom stereocenters. The van der Waals surface area contributed by atoms with Gasteiger partial charge in [0.05, 0.1) is 40.6 Å². The van der Waals surface area contributed by atoms with Crippen LogP contribution in [0.25, 0.3) is 11.1 Å². The van der Waals surface area contributed by atoms with Gasteiger partial charge in [-0.05, 0) is 36.2 Å². The maximum atomic E-state index is 10.6. The summed E-state index contributed by atoms with van der Waals surface area (Å²) in [6.07, 6.45) is -1.61. The van der Waals surface area contributed by atoms with Crippen molar-refractivity contribution in [1.82, 2.24) is 0 Å².